The van der Waals surface area contributed by atoms with E-state index in [0.717, 1.165) is 19.3 Å². The maximum atomic E-state index is 13.8. The van der Waals surface area contributed by atoms with E-state index in [1.54, 1.807) is 72.8 Å². The maximum Gasteiger partial charge on any atom is 0.512 e. The standard InChI is InChI=1S/C43H38O12/c1-2-43(26-16-7-17-27-43)55-42(48)54-41-36(53-40(47)32-24-14-6-15-25-32)35(52-39(46)31-22-12-5-13-23-31)34(51-38(45)30-20-10-4-11-21-30)33(50-41)28-49-37(44)29-18-8-3-9-19-29/h1,3-6,8-15,18-25,33-36,41H,7,16-17,26-28H2/t33-,34-,35+,36-,41?/m1/s1. The zero-order valence-corrected chi connectivity index (χ0v) is 29.7. The number of terminal acetylenes is 1. The Morgan fingerprint density at radius 1 is 0.564 bits per heavy atom. The lowest BCUT2D eigenvalue weighted by Crippen LogP contribution is -2.63. The monoisotopic (exact) mass is 746 g/mol. The van der Waals surface area contributed by atoms with Gasteiger partial charge in [0.15, 0.2) is 17.8 Å². The van der Waals surface area contributed by atoms with Crippen LogP contribution in [0.1, 0.15) is 73.5 Å². The van der Waals surface area contributed by atoms with Crippen molar-refractivity contribution in [2.24, 2.45) is 0 Å². The molecule has 12 nitrogen and oxygen atoms in total. The van der Waals surface area contributed by atoms with Crippen molar-refractivity contribution in [3.05, 3.63) is 144 Å². The SMILES string of the molecule is C#CC1(OC(=O)OC2O[C@H](COC(=O)c3ccccc3)[C@@H](OC(=O)c3ccccc3)[C@H](OC(=O)c3ccccc3)[C@H]2OC(=O)c2ccccc2)CCCCC1. The van der Waals surface area contributed by atoms with Crippen molar-refractivity contribution in [3.63, 3.8) is 0 Å². The molecule has 1 aliphatic heterocycles. The van der Waals surface area contributed by atoms with E-state index in [0.29, 0.717) is 12.8 Å². The number of rotatable bonds is 11. The van der Waals surface area contributed by atoms with Crippen LogP contribution in [0.25, 0.3) is 0 Å². The molecule has 0 spiro atoms. The van der Waals surface area contributed by atoms with Crippen LogP contribution in [0.3, 0.4) is 0 Å². The predicted octanol–water partition coefficient (Wildman–Crippen LogP) is 6.73. The van der Waals surface area contributed by atoms with E-state index in [9.17, 15) is 24.0 Å². The van der Waals surface area contributed by atoms with E-state index in [1.807, 2.05) is 0 Å². The lowest BCUT2D eigenvalue weighted by atomic mass is 9.85. The topological polar surface area (TPSA) is 150 Å². The van der Waals surface area contributed by atoms with Crippen molar-refractivity contribution >= 4 is 30.0 Å². The Balaban J connectivity index is 1.40. The molecule has 1 heterocycles. The number of benzene rings is 4. The third-order valence-electron chi connectivity index (χ3n) is 9.15. The molecule has 1 saturated heterocycles. The molecule has 55 heavy (non-hydrogen) atoms. The minimum atomic E-state index is -1.86. The van der Waals surface area contributed by atoms with E-state index in [-0.39, 0.29) is 22.3 Å². The third kappa shape index (κ3) is 9.76. The molecule has 2 fully saturated rings. The summed E-state index contributed by atoms with van der Waals surface area (Å²) in [5.41, 5.74) is -0.712. The number of carbonyl (C=O) groups excluding carboxylic acids is 5. The highest BCUT2D eigenvalue weighted by molar-refractivity contribution is 5.91. The number of esters is 4. The van der Waals surface area contributed by atoms with Gasteiger partial charge < -0.3 is 33.2 Å². The zero-order valence-electron chi connectivity index (χ0n) is 29.7. The second-order valence-corrected chi connectivity index (χ2v) is 12.9. The highest BCUT2D eigenvalue weighted by Gasteiger charge is 2.55. The molecule has 0 aromatic heterocycles. The molecule has 0 radical (unpaired) electrons. The highest BCUT2D eigenvalue weighted by atomic mass is 16.8. The fourth-order valence-electron chi connectivity index (χ4n) is 6.30. The van der Waals surface area contributed by atoms with Crippen LogP contribution in [0.5, 0.6) is 0 Å². The first-order valence-electron chi connectivity index (χ1n) is 17.8. The Morgan fingerprint density at radius 2 is 0.982 bits per heavy atom. The molecule has 2 aliphatic rings. The third-order valence-corrected chi connectivity index (χ3v) is 9.15. The normalized spacial score (nSPS) is 21.4. The van der Waals surface area contributed by atoms with Crippen molar-refractivity contribution in [3.8, 4) is 12.3 Å². The van der Waals surface area contributed by atoms with Crippen molar-refractivity contribution in [2.75, 3.05) is 6.61 Å². The fraction of sp³-hybridized carbons (Fsp3) is 0.279. The summed E-state index contributed by atoms with van der Waals surface area (Å²) in [5.74, 6) is -0.857. The van der Waals surface area contributed by atoms with Gasteiger partial charge in [0, 0.05) is 0 Å². The summed E-state index contributed by atoms with van der Waals surface area (Å²) in [4.78, 5) is 67.8. The first-order chi connectivity index (χ1) is 26.7. The second kappa shape index (κ2) is 18.1. The van der Waals surface area contributed by atoms with Gasteiger partial charge in [-0.15, -0.1) is 6.42 Å². The predicted molar refractivity (Wildman–Crippen MR) is 195 cm³/mol. The minimum Gasteiger partial charge on any atom is -0.459 e. The summed E-state index contributed by atoms with van der Waals surface area (Å²) in [6, 6.07) is 31.8. The highest BCUT2D eigenvalue weighted by Crippen LogP contribution is 2.34. The van der Waals surface area contributed by atoms with Gasteiger partial charge in [0.25, 0.3) is 0 Å². The van der Waals surface area contributed by atoms with Crippen molar-refractivity contribution in [1.82, 2.24) is 0 Å². The number of carbonyl (C=O) groups is 5. The molecule has 0 bridgehead atoms. The molecule has 0 amide bonds. The van der Waals surface area contributed by atoms with E-state index >= 15 is 0 Å². The summed E-state index contributed by atoms with van der Waals surface area (Å²) >= 11 is 0. The van der Waals surface area contributed by atoms with Gasteiger partial charge in [0.05, 0.1) is 22.3 Å². The van der Waals surface area contributed by atoms with Gasteiger partial charge in [0.2, 0.25) is 12.4 Å². The smallest absolute Gasteiger partial charge is 0.459 e. The lowest BCUT2D eigenvalue weighted by molar-refractivity contribution is -0.287. The molecule has 6 rings (SSSR count). The summed E-state index contributed by atoms with van der Waals surface area (Å²) < 4.78 is 41.2. The van der Waals surface area contributed by atoms with E-state index in [4.69, 9.17) is 39.6 Å². The average Bonchev–Trinajstić information content (AvgIpc) is 3.23. The molecule has 1 aliphatic carbocycles. The Hall–Kier alpha value is -6.45. The fourth-order valence-corrected chi connectivity index (χ4v) is 6.30. The summed E-state index contributed by atoms with van der Waals surface area (Å²) in [6.07, 6.45) is -0.713. The number of ether oxygens (including phenoxy) is 7. The molecule has 1 saturated carbocycles. The zero-order chi connectivity index (χ0) is 38.6. The molecule has 282 valence electrons. The van der Waals surface area contributed by atoms with Gasteiger partial charge in [-0.25, -0.2) is 24.0 Å². The minimum absolute atomic E-state index is 0.0993. The van der Waals surface area contributed by atoms with Crippen LogP contribution in [0, 0.1) is 12.3 Å². The molecule has 5 atom stereocenters. The van der Waals surface area contributed by atoms with Gasteiger partial charge in [-0.1, -0.05) is 85.1 Å². The largest absolute Gasteiger partial charge is 0.512 e. The molecular formula is C43H38O12. The summed E-state index contributed by atoms with van der Waals surface area (Å²) in [5, 5.41) is 0. The Bertz CT molecular complexity index is 1970. The average molecular weight is 747 g/mol. The Labute approximate surface area is 317 Å². The van der Waals surface area contributed by atoms with E-state index in [2.05, 4.69) is 5.92 Å². The van der Waals surface area contributed by atoms with Crippen LogP contribution in [-0.4, -0.2) is 72.9 Å². The summed E-state index contributed by atoms with van der Waals surface area (Å²) in [6.45, 7) is -0.595. The molecule has 12 heteroatoms. The van der Waals surface area contributed by atoms with Gasteiger partial charge in [0.1, 0.15) is 12.7 Å². The van der Waals surface area contributed by atoms with Crippen molar-refractivity contribution < 1.29 is 57.1 Å². The van der Waals surface area contributed by atoms with Crippen LogP contribution in [-0.2, 0) is 33.2 Å². The Kier molecular flexibility index (Phi) is 12.6. The van der Waals surface area contributed by atoms with Crippen LogP contribution in [0.4, 0.5) is 4.79 Å². The second-order valence-electron chi connectivity index (χ2n) is 12.9. The quantitative estimate of drug-likeness (QED) is 0.0909. The Morgan fingerprint density at radius 3 is 1.44 bits per heavy atom. The van der Waals surface area contributed by atoms with Crippen LogP contribution in [0.15, 0.2) is 121 Å². The maximum absolute atomic E-state index is 13.8. The van der Waals surface area contributed by atoms with Gasteiger partial charge in [-0.2, -0.15) is 0 Å². The molecule has 4 aromatic rings. The van der Waals surface area contributed by atoms with Gasteiger partial charge in [-0.05, 0) is 74.2 Å². The first-order valence-corrected chi connectivity index (χ1v) is 17.8. The van der Waals surface area contributed by atoms with E-state index in [1.165, 1.54) is 48.5 Å². The summed E-state index contributed by atoms with van der Waals surface area (Å²) in [7, 11) is 0. The molecule has 4 aromatic carbocycles. The van der Waals surface area contributed by atoms with Crippen molar-refractivity contribution in [1.29, 1.82) is 0 Å². The van der Waals surface area contributed by atoms with Crippen LogP contribution >= 0.6 is 0 Å². The number of hydrogen-bond donors (Lipinski definition) is 0. The van der Waals surface area contributed by atoms with Crippen LogP contribution in [0.2, 0.25) is 0 Å². The first kappa shape index (κ1) is 38.3. The van der Waals surface area contributed by atoms with Gasteiger partial charge in [-0.3, -0.25) is 0 Å². The molecule has 0 N–H and O–H groups in total. The van der Waals surface area contributed by atoms with Crippen LogP contribution < -0.4 is 0 Å². The molecular weight excluding hydrogens is 708 g/mol. The van der Waals surface area contributed by atoms with E-state index < -0.39 is 72.9 Å². The van der Waals surface area contributed by atoms with Gasteiger partial charge >= 0.3 is 30.0 Å². The number of hydrogen-bond acceptors (Lipinski definition) is 12. The van der Waals surface area contributed by atoms with Crippen molar-refractivity contribution in [2.45, 2.75) is 68.4 Å². The lowest BCUT2D eigenvalue weighted by Gasteiger charge is -2.44. The molecule has 1 unspecified atom stereocenters.